The van der Waals surface area contributed by atoms with Crippen LogP contribution in [-0.4, -0.2) is 41.2 Å². The molecule has 0 atom stereocenters. The fourth-order valence-electron chi connectivity index (χ4n) is 2.37. The summed E-state index contributed by atoms with van der Waals surface area (Å²) in [5.74, 6) is -0.781. The Balaban J connectivity index is 2.25. The number of carboxylic acids is 1. The molecule has 0 saturated carbocycles. The van der Waals surface area contributed by atoms with Crippen molar-refractivity contribution < 1.29 is 9.90 Å². The van der Waals surface area contributed by atoms with Crippen molar-refractivity contribution in [3.63, 3.8) is 0 Å². The third-order valence-corrected chi connectivity index (χ3v) is 3.22. The van der Waals surface area contributed by atoms with Crippen molar-refractivity contribution in [2.75, 3.05) is 20.6 Å². The van der Waals surface area contributed by atoms with Crippen LogP contribution in [-0.2, 0) is 17.8 Å². The normalized spacial score (nSPS) is 11.3. The Morgan fingerprint density at radius 1 is 1.32 bits per heavy atom. The summed E-state index contributed by atoms with van der Waals surface area (Å²) in [6.45, 7) is 1.94. The Hall–Kier alpha value is -1.81. The van der Waals surface area contributed by atoms with Gasteiger partial charge in [0, 0.05) is 23.6 Å². The molecule has 0 radical (unpaired) electrons. The average Bonchev–Trinajstić information content (AvgIpc) is 2.67. The van der Waals surface area contributed by atoms with Gasteiger partial charge < -0.3 is 14.6 Å². The Morgan fingerprint density at radius 3 is 2.74 bits per heavy atom. The maximum atomic E-state index is 10.9. The molecular formula is C15H20N2O2. The minimum absolute atomic E-state index is 0.0845. The van der Waals surface area contributed by atoms with Crippen LogP contribution in [0.1, 0.15) is 12.0 Å². The van der Waals surface area contributed by atoms with E-state index in [4.69, 9.17) is 5.11 Å². The molecule has 102 valence electrons. The molecule has 4 nitrogen and oxygen atoms in total. The van der Waals surface area contributed by atoms with Gasteiger partial charge in [-0.1, -0.05) is 18.2 Å². The van der Waals surface area contributed by atoms with Gasteiger partial charge in [0.25, 0.3) is 0 Å². The number of benzene rings is 1. The third-order valence-electron chi connectivity index (χ3n) is 3.22. The van der Waals surface area contributed by atoms with E-state index < -0.39 is 5.97 Å². The van der Waals surface area contributed by atoms with Crippen molar-refractivity contribution in [2.45, 2.75) is 19.4 Å². The van der Waals surface area contributed by atoms with Gasteiger partial charge >= 0.3 is 5.97 Å². The van der Waals surface area contributed by atoms with Crippen LogP contribution in [0.4, 0.5) is 0 Å². The molecule has 1 heterocycles. The number of hydrogen-bond acceptors (Lipinski definition) is 2. The number of aromatic nitrogens is 1. The zero-order valence-corrected chi connectivity index (χ0v) is 11.5. The zero-order valence-electron chi connectivity index (χ0n) is 11.5. The van der Waals surface area contributed by atoms with Crippen LogP contribution in [0.5, 0.6) is 0 Å². The number of para-hydroxylation sites is 1. The smallest absolute Gasteiger partial charge is 0.307 e. The van der Waals surface area contributed by atoms with Gasteiger partial charge in [0.2, 0.25) is 0 Å². The van der Waals surface area contributed by atoms with E-state index in [1.54, 1.807) is 0 Å². The Kier molecular flexibility index (Phi) is 4.22. The molecule has 0 spiro atoms. The van der Waals surface area contributed by atoms with E-state index in [0.717, 1.165) is 36.0 Å². The SMILES string of the molecule is CN(C)CCCn1cc(CC(=O)O)c2ccccc21. The first kappa shape index (κ1) is 13.6. The van der Waals surface area contributed by atoms with E-state index in [0.29, 0.717) is 0 Å². The van der Waals surface area contributed by atoms with Crippen LogP contribution < -0.4 is 0 Å². The molecule has 1 N–H and O–H groups in total. The molecule has 0 aliphatic rings. The highest BCUT2D eigenvalue weighted by atomic mass is 16.4. The monoisotopic (exact) mass is 260 g/mol. The van der Waals surface area contributed by atoms with E-state index in [9.17, 15) is 4.79 Å². The molecule has 0 amide bonds. The topological polar surface area (TPSA) is 45.5 Å². The highest BCUT2D eigenvalue weighted by Crippen LogP contribution is 2.22. The molecule has 1 aromatic heterocycles. The van der Waals surface area contributed by atoms with Gasteiger partial charge in [0.05, 0.1) is 6.42 Å². The van der Waals surface area contributed by atoms with Crippen molar-refractivity contribution in [1.29, 1.82) is 0 Å². The van der Waals surface area contributed by atoms with Crippen molar-refractivity contribution in [2.24, 2.45) is 0 Å². The van der Waals surface area contributed by atoms with Gasteiger partial charge in [-0.2, -0.15) is 0 Å². The molecule has 0 fully saturated rings. The van der Waals surface area contributed by atoms with Gasteiger partial charge in [0.15, 0.2) is 0 Å². The van der Waals surface area contributed by atoms with E-state index in [1.165, 1.54) is 0 Å². The summed E-state index contributed by atoms with van der Waals surface area (Å²) in [7, 11) is 4.12. The summed E-state index contributed by atoms with van der Waals surface area (Å²) < 4.78 is 2.16. The van der Waals surface area contributed by atoms with Crippen molar-refractivity contribution >= 4 is 16.9 Å². The highest BCUT2D eigenvalue weighted by Gasteiger charge is 2.10. The molecule has 0 aliphatic heterocycles. The number of aryl methyl sites for hydroxylation is 1. The number of aliphatic carboxylic acids is 1. The fourth-order valence-corrected chi connectivity index (χ4v) is 2.37. The van der Waals surface area contributed by atoms with Gasteiger partial charge in [-0.15, -0.1) is 0 Å². The maximum absolute atomic E-state index is 10.9. The lowest BCUT2D eigenvalue weighted by Gasteiger charge is -2.10. The van der Waals surface area contributed by atoms with Crippen LogP contribution in [0.3, 0.4) is 0 Å². The molecule has 0 unspecified atom stereocenters. The Morgan fingerprint density at radius 2 is 2.05 bits per heavy atom. The van der Waals surface area contributed by atoms with Crippen LogP contribution in [0, 0.1) is 0 Å². The van der Waals surface area contributed by atoms with Crippen molar-refractivity contribution in [3.8, 4) is 0 Å². The predicted octanol–water partition coefficient (Wildman–Crippen LogP) is 2.22. The second-order valence-corrected chi connectivity index (χ2v) is 5.09. The minimum atomic E-state index is -0.781. The molecule has 19 heavy (non-hydrogen) atoms. The molecule has 2 aromatic rings. The number of hydrogen-bond donors (Lipinski definition) is 1. The van der Waals surface area contributed by atoms with Crippen LogP contribution in [0.25, 0.3) is 10.9 Å². The summed E-state index contributed by atoms with van der Waals surface area (Å²) in [6.07, 6.45) is 3.12. The third kappa shape index (κ3) is 3.35. The molecule has 4 heteroatoms. The van der Waals surface area contributed by atoms with Gasteiger partial charge in [-0.05, 0) is 38.7 Å². The summed E-state index contributed by atoms with van der Waals surface area (Å²) in [5, 5.41) is 10.0. The van der Waals surface area contributed by atoms with Crippen LogP contribution >= 0.6 is 0 Å². The number of carboxylic acid groups (broad SMARTS) is 1. The summed E-state index contributed by atoms with van der Waals surface area (Å²) in [4.78, 5) is 13.1. The average molecular weight is 260 g/mol. The lowest BCUT2D eigenvalue weighted by atomic mass is 10.1. The number of fused-ring (bicyclic) bond motifs is 1. The molecule has 0 saturated heterocycles. The molecule has 1 aromatic carbocycles. The highest BCUT2D eigenvalue weighted by molar-refractivity contribution is 5.87. The van der Waals surface area contributed by atoms with Crippen LogP contribution in [0.15, 0.2) is 30.5 Å². The van der Waals surface area contributed by atoms with E-state index in [2.05, 4.69) is 29.6 Å². The van der Waals surface area contributed by atoms with Gasteiger partial charge in [-0.3, -0.25) is 4.79 Å². The first-order valence-corrected chi connectivity index (χ1v) is 6.51. The second-order valence-electron chi connectivity index (χ2n) is 5.09. The predicted molar refractivity (Wildman–Crippen MR) is 76.4 cm³/mol. The maximum Gasteiger partial charge on any atom is 0.307 e. The summed E-state index contributed by atoms with van der Waals surface area (Å²) >= 11 is 0. The quantitative estimate of drug-likeness (QED) is 0.866. The Bertz CT molecular complexity index is 573. The van der Waals surface area contributed by atoms with Crippen molar-refractivity contribution in [3.05, 3.63) is 36.0 Å². The van der Waals surface area contributed by atoms with E-state index in [-0.39, 0.29) is 6.42 Å². The van der Waals surface area contributed by atoms with Gasteiger partial charge in [-0.25, -0.2) is 0 Å². The summed E-state index contributed by atoms with van der Waals surface area (Å²) in [5.41, 5.74) is 2.02. The first-order chi connectivity index (χ1) is 9.08. The first-order valence-electron chi connectivity index (χ1n) is 6.51. The molecule has 2 rings (SSSR count). The largest absolute Gasteiger partial charge is 0.481 e. The zero-order chi connectivity index (χ0) is 13.8. The lowest BCUT2D eigenvalue weighted by molar-refractivity contribution is -0.136. The van der Waals surface area contributed by atoms with Crippen molar-refractivity contribution in [1.82, 2.24) is 9.47 Å². The van der Waals surface area contributed by atoms with Crippen LogP contribution in [0.2, 0.25) is 0 Å². The number of carbonyl (C=O) groups is 1. The second kappa shape index (κ2) is 5.89. The number of nitrogens with zero attached hydrogens (tertiary/aromatic N) is 2. The molecule has 0 aliphatic carbocycles. The molecular weight excluding hydrogens is 240 g/mol. The lowest BCUT2D eigenvalue weighted by Crippen LogP contribution is -2.14. The fraction of sp³-hybridized carbons (Fsp3) is 0.400. The van der Waals surface area contributed by atoms with E-state index >= 15 is 0 Å². The minimum Gasteiger partial charge on any atom is -0.481 e. The van der Waals surface area contributed by atoms with E-state index in [1.807, 2.05) is 24.4 Å². The molecule has 0 bridgehead atoms. The standard InChI is InChI=1S/C15H20N2O2/c1-16(2)8-5-9-17-11-12(10-15(18)19)13-6-3-4-7-14(13)17/h3-4,6-7,11H,5,8-10H2,1-2H3,(H,18,19). The van der Waals surface area contributed by atoms with Gasteiger partial charge in [0.1, 0.15) is 0 Å². The summed E-state index contributed by atoms with van der Waals surface area (Å²) in [6, 6.07) is 8.00. The Labute approximate surface area is 113 Å². The number of rotatable bonds is 6.